The first-order valence-electron chi connectivity index (χ1n) is 6.40. The number of alkyl halides is 2. The number of rotatable bonds is 6. The van der Waals surface area contributed by atoms with Crippen LogP contribution in [0, 0.1) is 11.8 Å². The second kappa shape index (κ2) is 6.99. The zero-order chi connectivity index (χ0) is 13.7. The highest BCUT2D eigenvalue weighted by Crippen LogP contribution is 2.23. The number of nitrogens with zero attached hydrogens (tertiary/aromatic N) is 1. The van der Waals surface area contributed by atoms with Gasteiger partial charge in [0, 0.05) is 19.1 Å². The van der Waals surface area contributed by atoms with Crippen molar-refractivity contribution in [3.63, 3.8) is 0 Å². The summed E-state index contributed by atoms with van der Waals surface area (Å²) in [6.07, 6.45) is -1.46. The minimum absolute atomic E-state index is 0.0134. The van der Waals surface area contributed by atoms with Crippen molar-refractivity contribution in [2.75, 3.05) is 26.2 Å². The number of hydrogen-bond donors (Lipinski definition) is 2. The Hall–Kier alpha value is -0.750. The number of carbonyl (C=O) groups excluding carboxylic acids is 1. The number of hydrogen-bond acceptors (Lipinski definition) is 3. The number of piperidine rings is 1. The number of likely N-dealkylation sites (tertiary alicyclic amines) is 1. The fourth-order valence-corrected chi connectivity index (χ4v) is 2.47. The SMILES string of the molecule is CC(C)C1CC(NCC(F)F)CN(CC(N)=O)C1. The Morgan fingerprint density at radius 2 is 2.11 bits per heavy atom. The highest BCUT2D eigenvalue weighted by molar-refractivity contribution is 5.75. The molecule has 4 nitrogen and oxygen atoms in total. The molecule has 6 heteroatoms. The van der Waals surface area contributed by atoms with E-state index in [2.05, 4.69) is 19.2 Å². The van der Waals surface area contributed by atoms with Gasteiger partial charge in [-0.2, -0.15) is 0 Å². The van der Waals surface area contributed by atoms with Gasteiger partial charge in [0.15, 0.2) is 0 Å². The lowest BCUT2D eigenvalue weighted by Crippen LogP contribution is -2.52. The quantitative estimate of drug-likeness (QED) is 0.740. The summed E-state index contributed by atoms with van der Waals surface area (Å²) in [6.45, 7) is 5.56. The molecule has 2 atom stereocenters. The molecule has 0 aromatic rings. The van der Waals surface area contributed by atoms with Gasteiger partial charge in [0.1, 0.15) is 0 Å². The lowest BCUT2D eigenvalue weighted by atomic mass is 9.85. The lowest BCUT2D eigenvalue weighted by Gasteiger charge is -2.39. The summed E-state index contributed by atoms with van der Waals surface area (Å²) >= 11 is 0. The number of primary amides is 1. The zero-order valence-electron chi connectivity index (χ0n) is 11.0. The van der Waals surface area contributed by atoms with Crippen molar-refractivity contribution in [1.29, 1.82) is 0 Å². The van der Waals surface area contributed by atoms with Crippen LogP contribution in [0.15, 0.2) is 0 Å². The standard InChI is InChI=1S/C12H23F2N3O/c1-8(2)9-3-10(16-4-11(13)14)6-17(5-9)7-12(15)18/h8-11,16H,3-7H2,1-2H3,(H2,15,18). The predicted octanol–water partition coefficient (Wildman–Crippen LogP) is 0.673. The van der Waals surface area contributed by atoms with Gasteiger partial charge in [-0.25, -0.2) is 8.78 Å². The van der Waals surface area contributed by atoms with Crippen LogP contribution in [0.4, 0.5) is 8.78 Å². The Labute approximate surface area is 107 Å². The maximum absolute atomic E-state index is 12.2. The van der Waals surface area contributed by atoms with Crippen molar-refractivity contribution in [1.82, 2.24) is 10.2 Å². The van der Waals surface area contributed by atoms with E-state index in [-0.39, 0.29) is 25.0 Å². The maximum Gasteiger partial charge on any atom is 0.250 e. The molecule has 1 aliphatic heterocycles. The van der Waals surface area contributed by atoms with Gasteiger partial charge in [-0.15, -0.1) is 0 Å². The molecule has 18 heavy (non-hydrogen) atoms. The summed E-state index contributed by atoms with van der Waals surface area (Å²) < 4.78 is 24.4. The van der Waals surface area contributed by atoms with E-state index in [0.717, 1.165) is 13.0 Å². The largest absolute Gasteiger partial charge is 0.369 e. The van der Waals surface area contributed by atoms with E-state index in [4.69, 9.17) is 5.73 Å². The van der Waals surface area contributed by atoms with Crippen LogP contribution < -0.4 is 11.1 Å². The molecular weight excluding hydrogens is 240 g/mol. The van der Waals surface area contributed by atoms with Gasteiger partial charge in [0.25, 0.3) is 6.43 Å². The van der Waals surface area contributed by atoms with Crippen LogP contribution in [0.2, 0.25) is 0 Å². The highest BCUT2D eigenvalue weighted by Gasteiger charge is 2.29. The second-order valence-corrected chi connectivity index (χ2v) is 5.40. The van der Waals surface area contributed by atoms with Crippen LogP contribution in [0.25, 0.3) is 0 Å². The molecule has 1 heterocycles. The Balaban J connectivity index is 2.53. The van der Waals surface area contributed by atoms with Crippen LogP contribution >= 0.6 is 0 Å². The lowest BCUT2D eigenvalue weighted by molar-refractivity contribution is -0.119. The van der Waals surface area contributed by atoms with Crippen LogP contribution in [-0.4, -0.2) is 49.5 Å². The number of carbonyl (C=O) groups is 1. The normalized spacial score (nSPS) is 25.9. The van der Waals surface area contributed by atoms with Crippen LogP contribution in [-0.2, 0) is 4.79 Å². The van der Waals surface area contributed by atoms with E-state index in [1.807, 2.05) is 4.90 Å². The number of amides is 1. The molecule has 3 N–H and O–H groups in total. The van der Waals surface area contributed by atoms with Gasteiger partial charge in [0.2, 0.25) is 5.91 Å². The minimum atomic E-state index is -2.34. The first-order valence-corrected chi connectivity index (χ1v) is 6.40. The molecule has 106 valence electrons. The summed E-state index contributed by atoms with van der Waals surface area (Å²) in [7, 11) is 0. The third kappa shape index (κ3) is 5.27. The van der Waals surface area contributed by atoms with Gasteiger partial charge in [0.05, 0.1) is 13.1 Å². The van der Waals surface area contributed by atoms with E-state index in [9.17, 15) is 13.6 Å². The average Bonchev–Trinajstić information content (AvgIpc) is 2.25. The third-order valence-corrected chi connectivity index (χ3v) is 3.44. The second-order valence-electron chi connectivity index (χ2n) is 5.40. The van der Waals surface area contributed by atoms with E-state index in [1.165, 1.54) is 0 Å². The number of nitrogens with one attached hydrogen (secondary N) is 1. The Kier molecular flexibility index (Phi) is 5.95. The first-order chi connectivity index (χ1) is 8.38. The molecule has 1 amide bonds. The topological polar surface area (TPSA) is 58.4 Å². The first kappa shape index (κ1) is 15.3. The molecule has 0 radical (unpaired) electrons. The van der Waals surface area contributed by atoms with Crippen LogP contribution in [0.3, 0.4) is 0 Å². The van der Waals surface area contributed by atoms with Crippen molar-refractivity contribution in [2.45, 2.75) is 32.7 Å². The molecule has 0 saturated carbocycles. The summed E-state index contributed by atoms with van der Waals surface area (Å²) in [5.74, 6) is 0.511. The zero-order valence-corrected chi connectivity index (χ0v) is 11.0. The van der Waals surface area contributed by atoms with Gasteiger partial charge in [-0.05, 0) is 18.3 Å². The molecule has 1 saturated heterocycles. The fourth-order valence-electron chi connectivity index (χ4n) is 2.47. The Bertz CT molecular complexity index is 274. The molecule has 1 aliphatic rings. The van der Waals surface area contributed by atoms with Crippen LogP contribution in [0.5, 0.6) is 0 Å². The summed E-state index contributed by atoms with van der Waals surface area (Å²) in [5.41, 5.74) is 5.19. The van der Waals surface area contributed by atoms with E-state index in [1.54, 1.807) is 0 Å². The van der Waals surface area contributed by atoms with Gasteiger partial charge in [-0.1, -0.05) is 13.8 Å². The summed E-state index contributed by atoms with van der Waals surface area (Å²) in [5, 5.41) is 2.87. The molecule has 0 aromatic carbocycles. The smallest absolute Gasteiger partial charge is 0.250 e. The minimum Gasteiger partial charge on any atom is -0.369 e. The predicted molar refractivity (Wildman–Crippen MR) is 66.4 cm³/mol. The van der Waals surface area contributed by atoms with Gasteiger partial charge in [-0.3, -0.25) is 9.69 Å². The molecule has 0 aromatic heterocycles. The number of nitrogens with two attached hydrogens (primary N) is 1. The Morgan fingerprint density at radius 3 is 2.61 bits per heavy atom. The molecular formula is C12H23F2N3O. The van der Waals surface area contributed by atoms with E-state index < -0.39 is 6.43 Å². The van der Waals surface area contributed by atoms with Crippen molar-refractivity contribution in [3.05, 3.63) is 0 Å². The molecule has 2 unspecified atom stereocenters. The maximum atomic E-state index is 12.2. The molecule has 0 aliphatic carbocycles. The average molecular weight is 263 g/mol. The highest BCUT2D eigenvalue weighted by atomic mass is 19.3. The van der Waals surface area contributed by atoms with E-state index >= 15 is 0 Å². The third-order valence-electron chi connectivity index (χ3n) is 3.44. The fraction of sp³-hybridized carbons (Fsp3) is 0.917. The Morgan fingerprint density at radius 1 is 1.44 bits per heavy atom. The summed E-state index contributed by atoms with van der Waals surface area (Å²) in [6, 6.07) is 0.0134. The van der Waals surface area contributed by atoms with E-state index in [0.29, 0.717) is 18.4 Å². The van der Waals surface area contributed by atoms with Crippen LogP contribution in [0.1, 0.15) is 20.3 Å². The van der Waals surface area contributed by atoms with Crippen molar-refractivity contribution >= 4 is 5.91 Å². The summed E-state index contributed by atoms with van der Waals surface area (Å²) in [4.78, 5) is 12.9. The molecule has 1 fully saturated rings. The van der Waals surface area contributed by atoms with Crippen molar-refractivity contribution in [2.24, 2.45) is 17.6 Å². The molecule has 0 spiro atoms. The van der Waals surface area contributed by atoms with Crippen molar-refractivity contribution < 1.29 is 13.6 Å². The van der Waals surface area contributed by atoms with Crippen molar-refractivity contribution in [3.8, 4) is 0 Å². The molecule has 1 rings (SSSR count). The number of halogens is 2. The monoisotopic (exact) mass is 263 g/mol. The van der Waals surface area contributed by atoms with Gasteiger partial charge < -0.3 is 11.1 Å². The molecule has 0 bridgehead atoms. The van der Waals surface area contributed by atoms with Gasteiger partial charge >= 0.3 is 0 Å².